The van der Waals surface area contributed by atoms with E-state index in [-0.39, 0.29) is 32.2 Å². The number of hydrogen-bond donors (Lipinski definition) is 2. The fourth-order valence-electron chi connectivity index (χ4n) is 1.87. The number of aliphatic hydroxyl groups excluding tert-OH is 1. The Morgan fingerprint density at radius 3 is 2.10 bits per heavy atom. The van der Waals surface area contributed by atoms with Gasteiger partial charge in [0, 0.05) is 38.8 Å². The van der Waals surface area contributed by atoms with Crippen LogP contribution in [0.25, 0.3) is 0 Å². The molecule has 0 radical (unpaired) electrons. The molecule has 1 fully saturated rings. The molecule has 20 heavy (non-hydrogen) atoms. The summed E-state index contributed by atoms with van der Waals surface area (Å²) >= 11 is 0. The summed E-state index contributed by atoms with van der Waals surface area (Å²) in [7, 11) is -3.59. The minimum Gasteiger partial charge on any atom is -0.382 e. The molecule has 10 heteroatoms. The first-order valence-electron chi connectivity index (χ1n) is 6.27. The second-order valence-electron chi connectivity index (χ2n) is 5.03. The predicted molar refractivity (Wildman–Crippen MR) is 67.3 cm³/mol. The van der Waals surface area contributed by atoms with Crippen LogP contribution in [0.5, 0.6) is 0 Å². The quantitative estimate of drug-likeness (QED) is 0.734. The fraction of sp³-hybridized carbons (Fsp3) is 1.00. The topological polar surface area (TPSA) is 72.9 Å². The molecule has 1 heterocycles. The summed E-state index contributed by atoms with van der Waals surface area (Å²) in [5.41, 5.74) is 0. The molecule has 0 spiro atoms. The third-order valence-corrected chi connectivity index (χ3v) is 4.68. The average molecular weight is 319 g/mol. The van der Waals surface area contributed by atoms with Gasteiger partial charge in [0.05, 0.1) is 0 Å². The maximum Gasteiger partial charge on any atom is 0.415 e. The largest absolute Gasteiger partial charge is 0.415 e. The average Bonchev–Trinajstić information content (AvgIpc) is 2.26. The summed E-state index contributed by atoms with van der Waals surface area (Å²) in [4.78, 5) is 1.40. The van der Waals surface area contributed by atoms with Gasteiger partial charge in [0.25, 0.3) is 10.2 Å². The van der Waals surface area contributed by atoms with E-state index < -0.39 is 29.0 Å². The molecule has 1 unspecified atom stereocenters. The van der Waals surface area contributed by atoms with Crippen molar-refractivity contribution in [2.75, 3.05) is 32.7 Å². The highest BCUT2D eigenvalue weighted by Crippen LogP contribution is 2.21. The molecule has 120 valence electrons. The van der Waals surface area contributed by atoms with Crippen LogP contribution in [-0.2, 0) is 10.2 Å². The summed E-state index contributed by atoms with van der Waals surface area (Å²) in [5.74, 6) is 0. The molecule has 1 aliphatic rings. The number of nitrogens with zero attached hydrogens (tertiary/aromatic N) is 2. The molecular weight excluding hydrogens is 299 g/mol. The van der Waals surface area contributed by atoms with Crippen molar-refractivity contribution in [1.29, 1.82) is 0 Å². The fourth-order valence-corrected chi connectivity index (χ4v) is 3.26. The van der Waals surface area contributed by atoms with Gasteiger partial charge in [-0.1, -0.05) is 0 Å². The molecule has 0 amide bonds. The van der Waals surface area contributed by atoms with Crippen LogP contribution in [0.1, 0.15) is 13.8 Å². The van der Waals surface area contributed by atoms with Gasteiger partial charge in [0.15, 0.2) is 6.10 Å². The van der Waals surface area contributed by atoms with Crippen molar-refractivity contribution in [2.24, 2.45) is 0 Å². The Morgan fingerprint density at radius 1 is 1.20 bits per heavy atom. The lowest BCUT2D eigenvalue weighted by atomic mass is 10.3. The van der Waals surface area contributed by atoms with E-state index in [2.05, 4.69) is 4.72 Å². The minimum absolute atomic E-state index is 0.104. The lowest BCUT2D eigenvalue weighted by Gasteiger charge is -2.35. The van der Waals surface area contributed by atoms with Gasteiger partial charge in [-0.15, -0.1) is 0 Å². The molecule has 1 rings (SSSR count). The third-order valence-electron chi connectivity index (χ3n) is 2.86. The van der Waals surface area contributed by atoms with Crippen LogP contribution in [0.2, 0.25) is 0 Å². The Morgan fingerprint density at radius 2 is 1.70 bits per heavy atom. The standard InChI is InChI=1S/C10H20F3N3O3S/c1-8(2)14-20(18,19)16-5-3-15(4-6-16)7-9(17)10(11,12)13/h8-9,14,17H,3-7H2,1-2H3. The van der Waals surface area contributed by atoms with Crippen LogP contribution in [0.4, 0.5) is 13.2 Å². The van der Waals surface area contributed by atoms with Gasteiger partial charge in [0.2, 0.25) is 0 Å². The number of alkyl halides is 3. The van der Waals surface area contributed by atoms with E-state index in [1.807, 2.05) is 0 Å². The Labute approximate surface area is 116 Å². The van der Waals surface area contributed by atoms with Gasteiger partial charge in [-0.05, 0) is 13.8 Å². The maximum atomic E-state index is 12.2. The number of nitrogens with one attached hydrogen (secondary N) is 1. The van der Waals surface area contributed by atoms with E-state index in [1.54, 1.807) is 13.8 Å². The number of piperazine rings is 1. The van der Waals surface area contributed by atoms with Crippen molar-refractivity contribution in [1.82, 2.24) is 13.9 Å². The molecule has 0 aromatic heterocycles. The van der Waals surface area contributed by atoms with E-state index >= 15 is 0 Å². The van der Waals surface area contributed by atoms with E-state index in [4.69, 9.17) is 5.11 Å². The zero-order valence-electron chi connectivity index (χ0n) is 11.4. The first-order chi connectivity index (χ1) is 9.02. The van der Waals surface area contributed by atoms with Gasteiger partial charge in [-0.3, -0.25) is 4.90 Å². The van der Waals surface area contributed by atoms with Crippen LogP contribution >= 0.6 is 0 Å². The monoisotopic (exact) mass is 319 g/mol. The van der Waals surface area contributed by atoms with Crippen LogP contribution in [0.15, 0.2) is 0 Å². The van der Waals surface area contributed by atoms with Gasteiger partial charge in [0.1, 0.15) is 0 Å². The van der Waals surface area contributed by atoms with Crippen LogP contribution < -0.4 is 4.72 Å². The molecule has 0 aromatic rings. The summed E-state index contributed by atoms with van der Waals surface area (Å²) < 4.78 is 64.0. The van der Waals surface area contributed by atoms with Crippen molar-refractivity contribution in [2.45, 2.75) is 32.2 Å². The molecular formula is C10H20F3N3O3S. The second kappa shape index (κ2) is 6.56. The lowest BCUT2D eigenvalue weighted by molar-refractivity contribution is -0.208. The smallest absolute Gasteiger partial charge is 0.382 e. The number of halogens is 3. The number of β-amino-alcohol motifs (C(OH)–C–C–N with tert-alkyl or cyclic N) is 1. The predicted octanol–water partition coefficient (Wildman–Crippen LogP) is -0.230. The zero-order valence-corrected chi connectivity index (χ0v) is 12.2. The molecule has 1 aliphatic heterocycles. The Balaban J connectivity index is 2.48. The maximum absolute atomic E-state index is 12.2. The molecule has 0 aromatic carbocycles. The molecule has 0 saturated carbocycles. The van der Waals surface area contributed by atoms with E-state index in [9.17, 15) is 21.6 Å². The van der Waals surface area contributed by atoms with E-state index in [1.165, 1.54) is 9.21 Å². The van der Waals surface area contributed by atoms with E-state index in [0.717, 1.165) is 0 Å². The molecule has 6 nitrogen and oxygen atoms in total. The SMILES string of the molecule is CC(C)NS(=O)(=O)N1CCN(CC(O)C(F)(F)F)CC1. The first kappa shape index (κ1) is 17.6. The lowest BCUT2D eigenvalue weighted by Crippen LogP contribution is -2.54. The normalized spacial score (nSPS) is 21.4. The first-order valence-corrected chi connectivity index (χ1v) is 7.71. The van der Waals surface area contributed by atoms with Crippen LogP contribution in [0.3, 0.4) is 0 Å². The molecule has 0 bridgehead atoms. The van der Waals surface area contributed by atoms with Gasteiger partial charge >= 0.3 is 6.18 Å². The highest BCUT2D eigenvalue weighted by atomic mass is 32.2. The Kier molecular flexibility index (Phi) is 5.79. The summed E-state index contributed by atoms with van der Waals surface area (Å²) in [5, 5.41) is 8.97. The van der Waals surface area contributed by atoms with Crippen molar-refractivity contribution in [3.8, 4) is 0 Å². The van der Waals surface area contributed by atoms with Gasteiger partial charge < -0.3 is 5.11 Å². The molecule has 1 saturated heterocycles. The number of aliphatic hydroxyl groups is 1. The molecule has 1 atom stereocenters. The van der Waals surface area contributed by atoms with Crippen molar-refractivity contribution in [3.05, 3.63) is 0 Å². The summed E-state index contributed by atoms with van der Waals surface area (Å²) in [6, 6.07) is -0.245. The third kappa shape index (κ3) is 5.17. The molecule has 0 aliphatic carbocycles. The second-order valence-corrected chi connectivity index (χ2v) is 6.74. The van der Waals surface area contributed by atoms with E-state index in [0.29, 0.717) is 0 Å². The van der Waals surface area contributed by atoms with Crippen LogP contribution in [0, 0.1) is 0 Å². The van der Waals surface area contributed by atoms with Crippen molar-refractivity contribution >= 4 is 10.2 Å². The highest BCUT2D eigenvalue weighted by Gasteiger charge is 2.40. The Bertz CT molecular complexity index is 406. The van der Waals surface area contributed by atoms with Crippen LogP contribution in [-0.4, -0.2) is 73.8 Å². The Hall–Kier alpha value is -0.420. The van der Waals surface area contributed by atoms with Crippen molar-refractivity contribution in [3.63, 3.8) is 0 Å². The zero-order chi connectivity index (χ0) is 15.6. The summed E-state index contributed by atoms with van der Waals surface area (Å²) in [6.45, 7) is 3.37. The van der Waals surface area contributed by atoms with Gasteiger partial charge in [-0.2, -0.15) is 30.6 Å². The highest BCUT2D eigenvalue weighted by molar-refractivity contribution is 7.87. The van der Waals surface area contributed by atoms with Crippen molar-refractivity contribution < 1.29 is 26.7 Å². The summed E-state index contributed by atoms with van der Waals surface area (Å²) in [6.07, 6.45) is -7.05. The molecule has 2 N–H and O–H groups in total. The number of hydrogen-bond acceptors (Lipinski definition) is 4. The van der Waals surface area contributed by atoms with Gasteiger partial charge in [-0.25, -0.2) is 0 Å². The minimum atomic E-state index is -4.65. The number of rotatable bonds is 5.